The van der Waals surface area contributed by atoms with Gasteiger partial charge in [0.05, 0.1) is 6.07 Å². The highest BCUT2D eigenvalue weighted by molar-refractivity contribution is 7.99. The SMILES string of the molecule is N#CCC1CSc2ccccc2C1. The minimum absolute atomic E-state index is 0.560. The molecule has 1 aliphatic heterocycles. The molecule has 0 N–H and O–H groups in total. The number of nitriles is 1. The number of rotatable bonds is 1. The molecular weight excluding hydrogens is 178 g/mol. The van der Waals surface area contributed by atoms with Gasteiger partial charge in [-0.05, 0) is 24.0 Å². The lowest BCUT2D eigenvalue weighted by atomic mass is 9.98. The number of benzene rings is 1. The van der Waals surface area contributed by atoms with Crippen LogP contribution in [0.5, 0.6) is 0 Å². The van der Waals surface area contributed by atoms with Gasteiger partial charge in [0.2, 0.25) is 0 Å². The summed E-state index contributed by atoms with van der Waals surface area (Å²) in [5, 5.41) is 8.61. The number of hydrogen-bond donors (Lipinski definition) is 0. The maximum absolute atomic E-state index is 8.61. The van der Waals surface area contributed by atoms with Crippen LogP contribution in [-0.2, 0) is 6.42 Å². The van der Waals surface area contributed by atoms with Gasteiger partial charge in [0.25, 0.3) is 0 Å². The number of thioether (sulfide) groups is 1. The van der Waals surface area contributed by atoms with Crippen molar-refractivity contribution < 1.29 is 0 Å². The van der Waals surface area contributed by atoms with E-state index in [4.69, 9.17) is 5.26 Å². The predicted octanol–water partition coefficient (Wildman–Crippen LogP) is 2.86. The van der Waals surface area contributed by atoms with E-state index in [-0.39, 0.29) is 0 Å². The van der Waals surface area contributed by atoms with Crippen LogP contribution < -0.4 is 0 Å². The molecule has 0 amide bonds. The van der Waals surface area contributed by atoms with Crippen LogP contribution in [0.15, 0.2) is 29.2 Å². The summed E-state index contributed by atoms with van der Waals surface area (Å²) in [6.45, 7) is 0. The maximum Gasteiger partial charge on any atom is 0.0625 e. The molecule has 2 rings (SSSR count). The van der Waals surface area contributed by atoms with Gasteiger partial charge in [0.1, 0.15) is 0 Å². The molecule has 1 aromatic carbocycles. The Labute approximate surface area is 82.8 Å². The Balaban J connectivity index is 2.16. The van der Waals surface area contributed by atoms with Crippen molar-refractivity contribution in [2.75, 3.05) is 5.75 Å². The Morgan fingerprint density at radius 1 is 1.46 bits per heavy atom. The van der Waals surface area contributed by atoms with Gasteiger partial charge in [-0.25, -0.2) is 0 Å². The van der Waals surface area contributed by atoms with Crippen molar-refractivity contribution in [3.8, 4) is 6.07 Å². The lowest BCUT2D eigenvalue weighted by molar-refractivity contribution is 0.592. The first-order valence-electron chi connectivity index (χ1n) is 4.48. The first-order chi connectivity index (χ1) is 6.40. The normalized spacial score (nSPS) is 20.4. The Kier molecular flexibility index (Phi) is 2.56. The van der Waals surface area contributed by atoms with E-state index in [2.05, 4.69) is 30.3 Å². The van der Waals surface area contributed by atoms with Crippen LogP contribution in [-0.4, -0.2) is 5.75 Å². The number of nitrogens with zero attached hydrogens (tertiary/aromatic N) is 1. The van der Waals surface area contributed by atoms with E-state index in [0.29, 0.717) is 12.3 Å². The second-order valence-electron chi connectivity index (χ2n) is 3.35. The quantitative estimate of drug-likeness (QED) is 0.678. The van der Waals surface area contributed by atoms with E-state index < -0.39 is 0 Å². The molecule has 0 aromatic heterocycles. The van der Waals surface area contributed by atoms with Crippen molar-refractivity contribution >= 4 is 11.8 Å². The van der Waals surface area contributed by atoms with Crippen LogP contribution >= 0.6 is 11.8 Å². The van der Waals surface area contributed by atoms with Gasteiger partial charge in [-0.15, -0.1) is 11.8 Å². The molecule has 0 spiro atoms. The van der Waals surface area contributed by atoms with E-state index >= 15 is 0 Å². The summed E-state index contributed by atoms with van der Waals surface area (Å²) >= 11 is 1.89. The Hall–Kier alpha value is -0.940. The Morgan fingerprint density at radius 2 is 2.31 bits per heavy atom. The van der Waals surface area contributed by atoms with Gasteiger partial charge in [0, 0.05) is 17.1 Å². The van der Waals surface area contributed by atoms with Crippen molar-refractivity contribution in [2.24, 2.45) is 5.92 Å². The van der Waals surface area contributed by atoms with E-state index in [9.17, 15) is 0 Å². The number of hydrogen-bond acceptors (Lipinski definition) is 2. The highest BCUT2D eigenvalue weighted by atomic mass is 32.2. The summed E-state index contributed by atoms with van der Waals surface area (Å²) < 4.78 is 0. The Bertz CT molecular complexity index is 340. The maximum atomic E-state index is 8.61. The molecule has 1 aliphatic rings. The van der Waals surface area contributed by atoms with Crippen LogP contribution in [0.4, 0.5) is 0 Å². The standard InChI is InChI=1S/C11H11NS/c12-6-5-9-7-10-3-1-2-4-11(10)13-8-9/h1-4,9H,5,7-8H2. The zero-order valence-corrected chi connectivity index (χ0v) is 8.18. The third kappa shape index (κ3) is 1.87. The molecule has 0 saturated heterocycles. The third-order valence-corrected chi connectivity index (χ3v) is 3.68. The van der Waals surface area contributed by atoms with E-state index in [1.54, 1.807) is 0 Å². The van der Waals surface area contributed by atoms with Crippen LogP contribution in [0.3, 0.4) is 0 Å². The summed E-state index contributed by atoms with van der Waals surface area (Å²) in [5.41, 5.74) is 1.42. The first kappa shape index (κ1) is 8.65. The molecule has 1 heterocycles. The van der Waals surface area contributed by atoms with Crippen molar-refractivity contribution in [1.29, 1.82) is 5.26 Å². The number of fused-ring (bicyclic) bond motifs is 1. The summed E-state index contributed by atoms with van der Waals surface area (Å²) in [6, 6.07) is 10.8. The van der Waals surface area contributed by atoms with E-state index in [1.165, 1.54) is 10.5 Å². The topological polar surface area (TPSA) is 23.8 Å². The summed E-state index contributed by atoms with van der Waals surface area (Å²) in [4.78, 5) is 1.40. The van der Waals surface area contributed by atoms with Crippen molar-refractivity contribution in [3.63, 3.8) is 0 Å². The highest BCUT2D eigenvalue weighted by Gasteiger charge is 2.17. The lowest BCUT2D eigenvalue weighted by Gasteiger charge is -2.21. The molecule has 0 bridgehead atoms. The van der Waals surface area contributed by atoms with Gasteiger partial charge >= 0.3 is 0 Å². The zero-order valence-electron chi connectivity index (χ0n) is 7.36. The Morgan fingerprint density at radius 3 is 3.15 bits per heavy atom. The molecule has 0 saturated carbocycles. The summed E-state index contributed by atoms with van der Waals surface area (Å²) in [7, 11) is 0. The van der Waals surface area contributed by atoms with Gasteiger partial charge in [-0.1, -0.05) is 18.2 Å². The van der Waals surface area contributed by atoms with Gasteiger partial charge in [0.15, 0.2) is 0 Å². The average Bonchev–Trinajstić information content (AvgIpc) is 2.18. The molecular formula is C11H11NS. The van der Waals surface area contributed by atoms with Crippen molar-refractivity contribution in [2.45, 2.75) is 17.7 Å². The fraction of sp³-hybridized carbons (Fsp3) is 0.364. The minimum atomic E-state index is 0.560. The van der Waals surface area contributed by atoms with Crippen LogP contribution in [0.25, 0.3) is 0 Å². The average molecular weight is 189 g/mol. The monoisotopic (exact) mass is 189 g/mol. The molecule has 2 heteroatoms. The van der Waals surface area contributed by atoms with E-state index in [1.807, 2.05) is 11.8 Å². The van der Waals surface area contributed by atoms with Crippen LogP contribution in [0, 0.1) is 17.2 Å². The minimum Gasteiger partial charge on any atom is -0.198 e. The molecule has 13 heavy (non-hydrogen) atoms. The highest BCUT2D eigenvalue weighted by Crippen LogP contribution is 2.33. The third-order valence-electron chi connectivity index (χ3n) is 2.34. The van der Waals surface area contributed by atoms with Crippen molar-refractivity contribution in [1.82, 2.24) is 0 Å². The van der Waals surface area contributed by atoms with Crippen LogP contribution in [0.1, 0.15) is 12.0 Å². The van der Waals surface area contributed by atoms with Gasteiger partial charge in [-0.2, -0.15) is 5.26 Å². The molecule has 0 aliphatic carbocycles. The molecule has 1 atom stereocenters. The molecule has 66 valence electrons. The lowest BCUT2D eigenvalue weighted by Crippen LogP contribution is -2.12. The summed E-state index contributed by atoms with van der Waals surface area (Å²) in [5.74, 6) is 1.66. The smallest absolute Gasteiger partial charge is 0.0625 e. The summed E-state index contributed by atoms with van der Waals surface area (Å²) in [6.07, 6.45) is 1.78. The molecule has 1 unspecified atom stereocenters. The van der Waals surface area contributed by atoms with Gasteiger partial charge in [-0.3, -0.25) is 0 Å². The zero-order chi connectivity index (χ0) is 9.10. The molecule has 1 aromatic rings. The fourth-order valence-corrected chi connectivity index (χ4v) is 2.81. The predicted molar refractivity (Wildman–Crippen MR) is 54.6 cm³/mol. The second-order valence-corrected chi connectivity index (χ2v) is 4.41. The van der Waals surface area contributed by atoms with Crippen molar-refractivity contribution in [3.05, 3.63) is 29.8 Å². The second kappa shape index (κ2) is 3.85. The first-order valence-corrected chi connectivity index (χ1v) is 5.46. The van der Waals surface area contributed by atoms with Crippen LogP contribution in [0.2, 0.25) is 0 Å². The van der Waals surface area contributed by atoms with E-state index in [0.717, 1.165) is 12.2 Å². The largest absolute Gasteiger partial charge is 0.198 e. The fourth-order valence-electron chi connectivity index (χ4n) is 1.65. The van der Waals surface area contributed by atoms with Gasteiger partial charge < -0.3 is 0 Å². The molecule has 0 radical (unpaired) electrons. The molecule has 0 fully saturated rings. The molecule has 1 nitrogen and oxygen atoms in total.